The number of Topliss-reactive ketones (excluding diaryl/α,β-unsaturated/α-hetero) is 1. The SMILES string of the molecule is CC(=O)c1ccc(N2CCN(C(=O)c3cc(S(=O)(=O)N4CCCC4)ccc3C)CC2)cc1. The second kappa shape index (κ2) is 9.03. The maximum absolute atomic E-state index is 13.2. The van der Waals surface area contributed by atoms with E-state index in [0.29, 0.717) is 50.4 Å². The van der Waals surface area contributed by atoms with Gasteiger partial charge in [-0.2, -0.15) is 4.31 Å². The van der Waals surface area contributed by atoms with Crippen LogP contribution >= 0.6 is 0 Å². The summed E-state index contributed by atoms with van der Waals surface area (Å²) in [7, 11) is -3.57. The van der Waals surface area contributed by atoms with Crippen LogP contribution in [0.4, 0.5) is 5.69 Å². The van der Waals surface area contributed by atoms with Crippen molar-refractivity contribution in [1.29, 1.82) is 0 Å². The maximum atomic E-state index is 13.2. The van der Waals surface area contributed by atoms with Crippen LogP contribution in [0.25, 0.3) is 0 Å². The van der Waals surface area contributed by atoms with Gasteiger partial charge in [-0.3, -0.25) is 9.59 Å². The third-order valence-electron chi connectivity index (χ3n) is 6.35. The number of amides is 1. The highest BCUT2D eigenvalue weighted by Crippen LogP contribution is 2.25. The number of anilines is 1. The summed E-state index contributed by atoms with van der Waals surface area (Å²) in [4.78, 5) is 28.9. The second-order valence-electron chi connectivity index (χ2n) is 8.47. The molecule has 2 aromatic carbocycles. The summed E-state index contributed by atoms with van der Waals surface area (Å²) in [6.07, 6.45) is 1.75. The summed E-state index contributed by atoms with van der Waals surface area (Å²) in [5.74, 6) is -0.0936. The number of aryl methyl sites for hydroxylation is 1. The Labute approximate surface area is 189 Å². The van der Waals surface area contributed by atoms with Crippen molar-refractivity contribution >= 4 is 27.4 Å². The largest absolute Gasteiger partial charge is 0.368 e. The molecule has 2 saturated heterocycles. The molecule has 8 heteroatoms. The summed E-state index contributed by atoms with van der Waals surface area (Å²) >= 11 is 0. The number of carbonyl (C=O) groups is 2. The minimum atomic E-state index is -3.57. The van der Waals surface area contributed by atoms with Gasteiger partial charge in [0.05, 0.1) is 4.90 Å². The van der Waals surface area contributed by atoms with Crippen molar-refractivity contribution in [2.45, 2.75) is 31.6 Å². The van der Waals surface area contributed by atoms with Crippen molar-refractivity contribution in [3.05, 3.63) is 59.2 Å². The molecule has 4 rings (SSSR count). The third kappa shape index (κ3) is 4.42. The van der Waals surface area contributed by atoms with Crippen LogP contribution in [0.3, 0.4) is 0 Å². The van der Waals surface area contributed by atoms with E-state index in [1.165, 1.54) is 10.4 Å². The lowest BCUT2D eigenvalue weighted by atomic mass is 10.1. The van der Waals surface area contributed by atoms with E-state index in [1.54, 1.807) is 24.0 Å². The first-order valence-electron chi connectivity index (χ1n) is 11.0. The fraction of sp³-hybridized carbons (Fsp3) is 0.417. The molecule has 0 N–H and O–H groups in total. The number of sulfonamides is 1. The van der Waals surface area contributed by atoms with Gasteiger partial charge in [0.25, 0.3) is 5.91 Å². The number of piperazine rings is 1. The molecule has 2 heterocycles. The van der Waals surface area contributed by atoms with Crippen molar-refractivity contribution in [3.8, 4) is 0 Å². The molecular formula is C24H29N3O4S. The number of rotatable bonds is 5. The van der Waals surface area contributed by atoms with E-state index in [9.17, 15) is 18.0 Å². The number of benzene rings is 2. The third-order valence-corrected chi connectivity index (χ3v) is 8.24. The van der Waals surface area contributed by atoms with Crippen molar-refractivity contribution in [3.63, 3.8) is 0 Å². The number of hydrogen-bond donors (Lipinski definition) is 0. The average Bonchev–Trinajstić information content (AvgIpc) is 3.35. The maximum Gasteiger partial charge on any atom is 0.254 e. The van der Waals surface area contributed by atoms with Gasteiger partial charge >= 0.3 is 0 Å². The molecule has 0 atom stereocenters. The summed E-state index contributed by atoms with van der Waals surface area (Å²) in [5.41, 5.74) is 2.93. The van der Waals surface area contributed by atoms with E-state index in [-0.39, 0.29) is 16.6 Å². The van der Waals surface area contributed by atoms with Crippen molar-refractivity contribution in [2.75, 3.05) is 44.2 Å². The zero-order valence-electron chi connectivity index (χ0n) is 18.6. The molecule has 0 bridgehead atoms. The average molecular weight is 456 g/mol. The molecular weight excluding hydrogens is 426 g/mol. The van der Waals surface area contributed by atoms with Crippen LogP contribution in [0.5, 0.6) is 0 Å². The Bertz CT molecular complexity index is 1110. The van der Waals surface area contributed by atoms with Crippen LogP contribution < -0.4 is 4.90 Å². The Kier molecular flexibility index (Phi) is 6.35. The number of nitrogens with zero attached hydrogens (tertiary/aromatic N) is 3. The molecule has 0 spiro atoms. The Hall–Kier alpha value is -2.71. The molecule has 2 aliphatic rings. The van der Waals surface area contributed by atoms with Crippen LogP contribution in [-0.4, -0.2) is 68.6 Å². The van der Waals surface area contributed by atoms with Crippen LogP contribution in [0.1, 0.15) is 46.0 Å². The van der Waals surface area contributed by atoms with E-state index in [0.717, 1.165) is 24.1 Å². The first-order chi connectivity index (χ1) is 15.3. The monoisotopic (exact) mass is 455 g/mol. The van der Waals surface area contributed by atoms with Crippen LogP contribution in [0.2, 0.25) is 0 Å². The Morgan fingerprint density at radius 2 is 1.47 bits per heavy atom. The molecule has 7 nitrogen and oxygen atoms in total. The summed E-state index contributed by atoms with van der Waals surface area (Å²) in [6, 6.07) is 12.4. The zero-order valence-corrected chi connectivity index (χ0v) is 19.4. The minimum absolute atomic E-state index is 0.0383. The topological polar surface area (TPSA) is 78.0 Å². The number of ketones is 1. The van der Waals surface area contributed by atoms with Gasteiger partial charge in [0.2, 0.25) is 10.0 Å². The van der Waals surface area contributed by atoms with E-state index in [4.69, 9.17) is 0 Å². The van der Waals surface area contributed by atoms with Gasteiger partial charge in [-0.15, -0.1) is 0 Å². The van der Waals surface area contributed by atoms with Gasteiger partial charge in [0.1, 0.15) is 0 Å². The van der Waals surface area contributed by atoms with Crippen LogP contribution in [0, 0.1) is 6.92 Å². The molecule has 0 radical (unpaired) electrons. The fourth-order valence-electron chi connectivity index (χ4n) is 4.31. The Balaban J connectivity index is 1.46. The molecule has 1 amide bonds. The number of carbonyl (C=O) groups excluding carboxylic acids is 2. The van der Waals surface area contributed by atoms with Crippen molar-refractivity contribution in [2.24, 2.45) is 0 Å². The van der Waals surface area contributed by atoms with Crippen molar-refractivity contribution < 1.29 is 18.0 Å². The lowest BCUT2D eigenvalue weighted by Crippen LogP contribution is -2.49. The van der Waals surface area contributed by atoms with Gasteiger partial charge in [-0.05, 0) is 68.7 Å². The standard InChI is InChI=1S/C24H29N3O4S/c1-18-5-10-22(32(30,31)27-11-3-4-12-27)17-23(18)24(29)26-15-13-25(14-16-26)21-8-6-20(7-9-21)19(2)28/h5-10,17H,3-4,11-16H2,1-2H3. The summed E-state index contributed by atoms with van der Waals surface area (Å²) in [6.45, 7) is 6.92. The van der Waals surface area contributed by atoms with E-state index in [2.05, 4.69) is 4.90 Å². The summed E-state index contributed by atoms with van der Waals surface area (Å²) < 4.78 is 27.4. The fourth-order valence-corrected chi connectivity index (χ4v) is 5.86. The molecule has 0 saturated carbocycles. The Morgan fingerprint density at radius 1 is 0.844 bits per heavy atom. The van der Waals surface area contributed by atoms with Gasteiger partial charge in [0.15, 0.2) is 5.78 Å². The highest BCUT2D eigenvalue weighted by Gasteiger charge is 2.29. The lowest BCUT2D eigenvalue weighted by Gasteiger charge is -2.36. The molecule has 2 aromatic rings. The second-order valence-corrected chi connectivity index (χ2v) is 10.4. The molecule has 0 aromatic heterocycles. The normalized spacial score (nSPS) is 17.6. The van der Waals surface area contributed by atoms with Crippen LogP contribution in [-0.2, 0) is 10.0 Å². The lowest BCUT2D eigenvalue weighted by molar-refractivity contribution is 0.0745. The molecule has 0 unspecified atom stereocenters. The van der Waals surface area contributed by atoms with Crippen molar-refractivity contribution in [1.82, 2.24) is 9.21 Å². The van der Waals surface area contributed by atoms with Gasteiger partial charge in [-0.25, -0.2) is 8.42 Å². The molecule has 32 heavy (non-hydrogen) atoms. The first-order valence-corrected chi connectivity index (χ1v) is 12.5. The molecule has 0 aliphatic carbocycles. The van der Waals surface area contributed by atoms with Gasteiger partial charge < -0.3 is 9.80 Å². The number of hydrogen-bond acceptors (Lipinski definition) is 5. The molecule has 2 fully saturated rings. The Morgan fingerprint density at radius 3 is 2.06 bits per heavy atom. The van der Waals surface area contributed by atoms with Crippen LogP contribution in [0.15, 0.2) is 47.4 Å². The summed E-state index contributed by atoms with van der Waals surface area (Å²) in [5, 5.41) is 0. The highest BCUT2D eigenvalue weighted by molar-refractivity contribution is 7.89. The molecule has 170 valence electrons. The van der Waals surface area contributed by atoms with E-state index in [1.807, 2.05) is 31.2 Å². The predicted molar refractivity (Wildman–Crippen MR) is 124 cm³/mol. The highest BCUT2D eigenvalue weighted by atomic mass is 32.2. The predicted octanol–water partition coefficient (Wildman–Crippen LogP) is 2.94. The minimum Gasteiger partial charge on any atom is -0.368 e. The van der Waals surface area contributed by atoms with E-state index < -0.39 is 10.0 Å². The smallest absolute Gasteiger partial charge is 0.254 e. The zero-order chi connectivity index (χ0) is 22.9. The first kappa shape index (κ1) is 22.5. The molecule has 2 aliphatic heterocycles. The quantitative estimate of drug-likeness (QED) is 0.648. The van der Waals surface area contributed by atoms with Gasteiger partial charge in [0, 0.05) is 56.1 Å². The van der Waals surface area contributed by atoms with E-state index >= 15 is 0 Å². The van der Waals surface area contributed by atoms with Gasteiger partial charge in [-0.1, -0.05) is 6.07 Å².